The Balaban J connectivity index is 2.23. The van der Waals surface area contributed by atoms with Crippen LogP contribution in [-0.4, -0.2) is 42.9 Å². The van der Waals surface area contributed by atoms with Gasteiger partial charge in [0.15, 0.2) is 0 Å². The Morgan fingerprint density at radius 1 is 1.30 bits per heavy atom. The average Bonchev–Trinajstić information content (AvgIpc) is 2.92. The first-order valence-corrected chi connectivity index (χ1v) is 7.93. The van der Waals surface area contributed by atoms with Crippen LogP contribution in [0.5, 0.6) is 0 Å². The molecule has 1 aromatic carbocycles. The molecule has 0 aliphatic carbocycles. The van der Waals surface area contributed by atoms with E-state index in [0.29, 0.717) is 12.1 Å². The van der Waals surface area contributed by atoms with Crippen LogP contribution in [0.1, 0.15) is 29.4 Å². The summed E-state index contributed by atoms with van der Waals surface area (Å²) in [5.74, 6) is -0.398. The van der Waals surface area contributed by atoms with Crippen molar-refractivity contribution in [2.24, 2.45) is 0 Å². The lowest BCUT2D eigenvalue weighted by Gasteiger charge is -2.10. The molecule has 0 bridgehead atoms. The zero-order valence-electron chi connectivity index (χ0n) is 13.9. The van der Waals surface area contributed by atoms with Crippen LogP contribution >= 0.6 is 0 Å². The second kappa shape index (κ2) is 7.87. The quantitative estimate of drug-likeness (QED) is 0.794. The molecule has 2 rings (SSSR count). The SMILES string of the molecule is CCCc1c(C(=O)NCC[NH+](C)C)cnn1-c1ccc(F)cc1. The number of benzene rings is 1. The van der Waals surface area contributed by atoms with Gasteiger partial charge in [0.1, 0.15) is 5.82 Å². The third kappa shape index (κ3) is 4.39. The summed E-state index contributed by atoms with van der Waals surface area (Å²) in [4.78, 5) is 13.7. The fourth-order valence-electron chi connectivity index (χ4n) is 2.37. The number of carbonyl (C=O) groups is 1. The number of nitrogens with one attached hydrogen (secondary N) is 2. The van der Waals surface area contributed by atoms with Crippen molar-refractivity contribution in [3.05, 3.63) is 47.5 Å². The molecule has 124 valence electrons. The number of carbonyl (C=O) groups excluding carboxylic acids is 1. The number of hydrogen-bond acceptors (Lipinski definition) is 2. The molecule has 23 heavy (non-hydrogen) atoms. The number of likely N-dealkylation sites (N-methyl/N-ethyl adjacent to an activating group) is 1. The molecule has 1 heterocycles. The smallest absolute Gasteiger partial charge is 0.254 e. The first kappa shape index (κ1) is 17.1. The first-order chi connectivity index (χ1) is 11.0. The van der Waals surface area contributed by atoms with Gasteiger partial charge in [0.05, 0.1) is 50.3 Å². The molecule has 6 heteroatoms. The largest absolute Gasteiger partial charge is 0.346 e. The van der Waals surface area contributed by atoms with Crippen molar-refractivity contribution in [3.63, 3.8) is 0 Å². The Bertz CT molecular complexity index is 649. The highest BCUT2D eigenvalue weighted by atomic mass is 19.1. The maximum Gasteiger partial charge on any atom is 0.254 e. The molecule has 2 aromatic rings. The molecule has 0 aliphatic rings. The summed E-state index contributed by atoms with van der Waals surface area (Å²) in [6.45, 7) is 3.54. The lowest BCUT2D eigenvalue weighted by Crippen LogP contribution is -3.06. The lowest BCUT2D eigenvalue weighted by molar-refractivity contribution is -0.856. The van der Waals surface area contributed by atoms with Crippen LogP contribution in [0, 0.1) is 5.82 Å². The van der Waals surface area contributed by atoms with E-state index in [2.05, 4.69) is 17.3 Å². The van der Waals surface area contributed by atoms with Crippen LogP contribution in [0.4, 0.5) is 4.39 Å². The van der Waals surface area contributed by atoms with Gasteiger partial charge in [0.2, 0.25) is 0 Å². The summed E-state index contributed by atoms with van der Waals surface area (Å²) in [6, 6.07) is 6.12. The highest BCUT2D eigenvalue weighted by Gasteiger charge is 2.17. The fourth-order valence-corrected chi connectivity index (χ4v) is 2.37. The summed E-state index contributed by atoms with van der Waals surface area (Å²) in [5.41, 5.74) is 2.20. The van der Waals surface area contributed by atoms with Crippen LogP contribution in [0.3, 0.4) is 0 Å². The molecule has 0 aliphatic heterocycles. The van der Waals surface area contributed by atoms with Gasteiger partial charge in [-0.3, -0.25) is 4.79 Å². The van der Waals surface area contributed by atoms with E-state index in [4.69, 9.17) is 0 Å². The van der Waals surface area contributed by atoms with Crippen molar-refractivity contribution in [1.29, 1.82) is 0 Å². The number of quaternary nitrogens is 1. The maximum absolute atomic E-state index is 13.1. The molecule has 2 N–H and O–H groups in total. The summed E-state index contributed by atoms with van der Waals surface area (Å²) >= 11 is 0. The Hall–Kier alpha value is -2.21. The highest BCUT2D eigenvalue weighted by molar-refractivity contribution is 5.95. The van der Waals surface area contributed by atoms with Gasteiger partial charge in [-0.2, -0.15) is 5.10 Å². The number of rotatable bonds is 7. The second-order valence-corrected chi connectivity index (χ2v) is 5.86. The van der Waals surface area contributed by atoms with Crippen molar-refractivity contribution >= 4 is 5.91 Å². The number of nitrogens with zero attached hydrogens (tertiary/aromatic N) is 2. The predicted octanol–water partition coefficient (Wildman–Crippen LogP) is 0.838. The van der Waals surface area contributed by atoms with Crippen molar-refractivity contribution in [3.8, 4) is 5.69 Å². The minimum atomic E-state index is -0.290. The summed E-state index contributed by atoms with van der Waals surface area (Å²) in [7, 11) is 4.09. The minimum absolute atomic E-state index is 0.108. The van der Waals surface area contributed by atoms with E-state index in [1.54, 1.807) is 23.0 Å². The van der Waals surface area contributed by atoms with E-state index >= 15 is 0 Å². The van der Waals surface area contributed by atoms with Crippen LogP contribution < -0.4 is 10.2 Å². The first-order valence-electron chi connectivity index (χ1n) is 7.93. The minimum Gasteiger partial charge on any atom is -0.346 e. The molecular weight excluding hydrogens is 295 g/mol. The van der Waals surface area contributed by atoms with Crippen molar-refractivity contribution < 1.29 is 14.1 Å². The van der Waals surface area contributed by atoms with Gasteiger partial charge in [-0.05, 0) is 30.7 Å². The average molecular weight is 319 g/mol. The summed E-state index contributed by atoms with van der Waals surface area (Å²) in [6.07, 6.45) is 3.22. The highest BCUT2D eigenvalue weighted by Crippen LogP contribution is 2.17. The number of aromatic nitrogens is 2. The Kier molecular flexibility index (Phi) is 5.87. The molecular formula is C17H24FN4O+. The Labute approximate surface area is 136 Å². The zero-order valence-corrected chi connectivity index (χ0v) is 13.9. The van der Waals surface area contributed by atoms with E-state index in [9.17, 15) is 9.18 Å². The van der Waals surface area contributed by atoms with Crippen LogP contribution in [0.25, 0.3) is 5.69 Å². The molecule has 0 radical (unpaired) electrons. The van der Waals surface area contributed by atoms with Gasteiger partial charge in [-0.25, -0.2) is 9.07 Å². The van der Waals surface area contributed by atoms with E-state index in [-0.39, 0.29) is 11.7 Å². The number of halogens is 1. The van der Waals surface area contributed by atoms with Crippen LogP contribution in [0.2, 0.25) is 0 Å². The van der Waals surface area contributed by atoms with E-state index in [1.165, 1.54) is 17.0 Å². The predicted molar refractivity (Wildman–Crippen MR) is 87.5 cm³/mol. The Morgan fingerprint density at radius 3 is 2.61 bits per heavy atom. The fraction of sp³-hybridized carbons (Fsp3) is 0.412. The van der Waals surface area contributed by atoms with Gasteiger partial charge in [0, 0.05) is 0 Å². The number of amides is 1. The van der Waals surface area contributed by atoms with Crippen molar-refractivity contribution in [1.82, 2.24) is 15.1 Å². The van der Waals surface area contributed by atoms with Gasteiger partial charge in [0.25, 0.3) is 5.91 Å². The maximum atomic E-state index is 13.1. The summed E-state index contributed by atoms with van der Waals surface area (Å²) in [5, 5.41) is 7.26. The molecule has 0 spiro atoms. The topological polar surface area (TPSA) is 51.4 Å². The van der Waals surface area contributed by atoms with Crippen molar-refractivity contribution in [2.75, 3.05) is 27.2 Å². The molecule has 0 saturated carbocycles. The summed E-state index contributed by atoms with van der Waals surface area (Å²) < 4.78 is 14.8. The monoisotopic (exact) mass is 319 g/mol. The normalized spacial score (nSPS) is 11.0. The molecule has 1 amide bonds. The van der Waals surface area contributed by atoms with Crippen molar-refractivity contribution in [2.45, 2.75) is 19.8 Å². The third-order valence-electron chi connectivity index (χ3n) is 3.58. The van der Waals surface area contributed by atoms with Gasteiger partial charge in [-0.1, -0.05) is 13.3 Å². The lowest BCUT2D eigenvalue weighted by atomic mass is 10.1. The van der Waals surface area contributed by atoms with Crippen LogP contribution in [-0.2, 0) is 6.42 Å². The van der Waals surface area contributed by atoms with Gasteiger partial charge in [-0.15, -0.1) is 0 Å². The molecule has 0 unspecified atom stereocenters. The zero-order chi connectivity index (χ0) is 16.8. The van der Waals surface area contributed by atoms with E-state index < -0.39 is 0 Å². The van der Waals surface area contributed by atoms with E-state index in [1.807, 2.05) is 14.1 Å². The van der Waals surface area contributed by atoms with Crippen LogP contribution in [0.15, 0.2) is 30.5 Å². The number of hydrogen-bond donors (Lipinski definition) is 2. The van der Waals surface area contributed by atoms with Gasteiger partial charge >= 0.3 is 0 Å². The molecule has 0 atom stereocenters. The third-order valence-corrected chi connectivity index (χ3v) is 3.58. The standard InChI is InChI=1S/C17H23FN4O/c1-4-5-16-15(17(23)19-10-11-21(2)3)12-20-22(16)14-8-6-13(18)7-9-14/h6-9,12H,4-5,10-11H2,1-3H3,(H,19,23)/p+1. The molecule has 1 aromatic heterocycles. The van der Waals surface area contributed by atoms with Gasteiger partial charge < -0.3 is 10.2 Å². The molecule has 0 saturated heterocycles. The second-order valence-electron chi connectivity index (χ2n) is 5.86. The Morgan fingerprint density at radius 2 is 2.00 bits per heavy atom. The van der Waals surface area contributed by atoms with E-state index in [0.717, 1.165) is 30.8 Å². The molecule has 0 fully saturated rings. The molecule has 5 nitrogen and oxygen atoms in total.